The summed E-state index contributed by atoms with van der Waals surface area (Å²) in [5.74, 6) is 2.74. The van der Waals surface area contributed by atoms with Crippen LogP contribution in [0.1, 0.15) is 34.1 Å². The van der Waals surface area contributed by atoms with Gasteiger partial charge in [0.25, 0.3) is 0 Å². The Bertz CT molecular complexity index is 465. The fourth-order valence-electron chi connectivity index (χ4n) is 2.31. The normalized spacial score (nSPS) is 22.2. The molecule has 1 fully saturated rings. The molecular weight excluding hydrogens is 250 g/mol. The van der Waals surface area contributed by atoms with Gasteiger partial charge in [-0.1, -0.05) is 13.8 Å². The molecule has 0 heterocycles. The van der Waals surface area contributed by atoms with Gasteiger partial charge in [0.15, 0.2) is 5.96 Å². The number of nitrogens with two attached hydrogens (primary N) is 1. The predicted octanol–water partition coefficient (Wildman–Crippen LogP) is 3.24. The number of anilines is 1. The molecule has 4 heteroatoms. The number of rotatable bonds is 5. The third-order valence-electron chi connectivity index (χ3n) is 3.46. The van der Waals surface area contributed by atoms with E-state index in [4.69, 9.17) is 10.5 Å². The van der Waals surface area contributed by atoms with Gasteiger partial charge in [0.1, 0.15) is 5.75 Å². The molecule has 110 valence electrons. The lowest BCUT2D eigenvalue weighted by molar-refractivity contribution is 0.242. The molecule has 20 heavy (non-hydrogen) atoms. The summed E-state index contributed by atoms with van der Waals surface area (Å²) >= 11 is 0. The van der Waals surface area contributed by atoms with Crippen LogP contribution in [-0.2, 0) is 0 Å². The zero-order chi connectivity index (χ0) is 14.7. The minimum absolute atomic E-state index is 0.184. The average Bonchev–Trinajstić information content (AvgIpc) is 3.10. The van der Waals surface area contributed by atoms with E-state index >= 15 is 0 Å². The predicted molar refractivity (Wildman–Crippen MR) is 84.2 cm³/mol. The molecule has 1 aromatic rings. The smallest absolute Gasteiger partial charge is 0.193 e. The Balaban J connectivity index is 1.88. The molecule has 0 radical (unpaired) electrons. The molecule has 0 aromatic heterocycles. The Kier molecular flexibility index (Phi) is 4.53. The van der Waals surface area contributed by atoms with Crippen LogP contribution in [0.25, 0.3) is 0 Å². The molecule has 0 saturated heterocycles. The monoisotopic (exact) mass is 275 g/mol. The number of hydrogen-bond acceptors (Lipinski definition) is 2. The van der Waals surface area contributed by atoms with Crippen molar-refractivity contribution in [2.24, 2.45) is 22.6 Å². The van der Waals surface area contributed by atoms with Crippen molar-refractivity contribution in [3.8, 4) is 5.75 Å². The van der Waals surface area contributed by atoms with Crippen LogP contribution in [0.15, 0.2) is 29.3 Å². The van der Waals surface area contributed by atoms with Gasteiger partial charge in [-0.05, 0) is 56.4 Å². The van der Waals surface area contributed by atoms with Crippen LogP contribution in [0.4, 0.5) is 5.69 Å². The second-order valence-corrected chi connectivity index (χ2v) is 6.04. The first-order valence-corrected chi connectivity index (χ1v) is 7.32. The molecule has 1 aromatic carbocycles. The Morgan fingerprint density at radius 2 is 1.90 bits per heavy atom. The number of ether oxygens (including phenoxy) is 1. The number of hydrogen-bond donors (Lipinski definition) is 2. The van der Waals surface area contributed by atoms with Crippen LogP contribution in [0.2, 0.25) is 0 Å². The fourth-order valence-corrected chi connectivity index (χ4v) is 2.31. The van der Waals surface area contributed by atoms with E-state index in [9.17, 15) is 0 Å². The van der Waals surface area contributed by atoms with Crippen molar-refractivity contribution in [2.75, 3.05) is 5.32 Å². The minimum Gasteiger partial charge on any atom is -0.491 e. The first-order chi connectivity index (χ1) is 9.45. The van der Waals surface area contributed by atoms with Crippen molar-refractivity contribution in [2.45, 2.75) is 46.3 Å². The van der Waals surface area contributed by atoms with Crippen LogP contribution in [-0.4, -0.2) is 18.1 Å². The van der Waals surface area contributed by atoms with E-state index in [0.717, 1.165) is 17.9 Å². The van der Waals surface area contributed by atoms with E-state index in [2.05, 4.69) is 24.2 Å². The van der Waals surface area contributed by atoms with Crippen molar-refractivity contribution < 1.29 is 4.74 Å². The molecule has 2 rings (SSSR count). The lowest BCUT2D eigenvalue weighted by atomic mass is 10.1. The SMILES string of the molecule is CC(C)Oc1ccc(NC(N)=N[C@@H]2C[C@H]2C(C)C)cc1. The van der Waals surface area contributed by atoms with Crippen molar-refractivity contribution in [1.29, 1.82) is 0 Å². The fraction of sp³-hybridized carbons (Fsp3) is 0.562. The summed E-state index contributed by atoms with van der Waals surface area (Å²) in [6, 6.07) is 8.17. The zero-order valence-corrected chi connectivity index (χ0v) is 12.8. The molecular formula is C16H25N3O. The maximum atomic E-state index is 5.94. The second-order valence-electron chi connectivity index (χ2n) is 6.04. The van der Waals surface area contributed by atoms with E-state index in [-0.39, 0.29) is 6.10 Å². The maximum Gasteiger partial charge on any atom is 0.193 e. The number of guanidine groups is 1. The molecule has 0 unspecified atom stereocenters. The van der Waals surface area contributed by atoms with Crippen molar-refractivity contribution in [3.63, 3.8) is 0 Å². The van der Waals surface area contributed by atoms with Gasteiger partial charge in [0.2, 0.25) is 0 Å². The summed E-state index contributed by atoms with van der Waals surface area (Å²) < 4.78 is 5.60. The van der Waals surface area contributed by atoms with Crippen LogP contribution in [0.5, 0.6) is 5.75 Å². The molecule has 1 saturated carbocycles. The van der Waals surface area contributed by atoms with E-state index < -0.39 is 0 Å². The van der Waals surface area contributed by atoms with E-state index in [1.165, 1.54) is 0 Å². The summed E-state index contributed by atoms with van der Waals surface area (Å²) in [5.41, 5.74) is 6.87. The first-order valence-electron chi connectivity index (χ1n) is 7.32. The van der Waals surface area contributed by atoms with Gasteiger partial charge in [0, 0.05) is 5.69 Å². The standard InChI is InChI=1S/C16H25N3O/c1-10(2)14-9-15(14)19-16(17)18-12-5-7-13(8-6-12)20-11(3)4/h5-8,10-11,14-15H,9H2,1-4H3,(H3,17,18,19)/t14-,15+/m0/s1. The summed E-state index contributed by atoms with van der Waals surface area (Å²) in [6.07, 6.45) is 1.34. The Labute approximate surface area is 121 Å². The third kappa shape index (κ3) is 4.15. The van der Waals surface area contributed by atoms with Crippen molar-refractivity contribution in [1.82, 2.24) is 0 Å². The molecule has 2 atom stereocenters. The largest absolute Gasteiger partial charge is 0.491 e. The number of nitrogens with one attached hydrogen (secondary N) is 1. The highest BCUT2D eigenvalue weighted by Crippen LogP contribution is 2.39. The molecule has 0 aliphatic heterocycles. The second kappa shape index (κ2) is 6.16. The summed E-state index contributed by atoms with van der Waals surface area (Å²) in [7, 11) is 0. The number of nitrogens with zero attached hydrogens (tertiary/aromatic N) is 1. The topological polar surface area (TPSA) is 59.6 Å². The summed E-state index contributed by atoms with van der Waals surface area (Å²) in [4.78, 5) is 4.51. The van der Waals surface area contributed by atoms with Gasteiger partial charge >= 0.3 is 0 Å². The van der Waals surface area contributed by atoms with Gasteiger partial charge in [-0.25, -0.2) is 4.99 Å². The van der Waals surface area contributed by atoms with Gasteiger partial charge < -0.3 is 15.8 Å². The highest BCUT2D eigenvalue weighted by molar-refractivity contribution is 5.92. The molecule has 1 aliphatic carbocycles. The molecule has 1 aliphatic rings. The maximum absolute atomic E-state index is 5.94. The van der Waals surface area contributed by atoms with Crippen molar-refractivity contribution >= 4 is 11.6 Å². The van der Waals surface area contributed by atoms with Gasteiger partial charge in [0.05, 0.1) is 12.1 Å². The molecule has 3 N–H and O–H groups in total. The Morgan fingerprint density at radius 1 is 1.25 bits per heavy atom. The quantitative estimate of drug-likeness (QED) is 0.640. The van der Waals surface area contributed by atoms with E-state index in [1.54, 1.807) is 0 Å². The molecule has 0 amide bonds. The summed E-state index contributed by atoms with van der Waals surface area (Å²) in [6.45, 7) is 8.49. The zero-order valence-electron chi connectivity index (χ0n) is 12.8. The molecule has 0 spiro atoms. The lowest BCUT2D eigenvalue weighted by Crippen LogP contribution is -2.23. The van der Waals surface area contributed by atoms with Crippen LogP contribution in [0, 0.1) is 11.8 Å². The van der Waals surface area contributed by atoms with Crippen LogP contribution >= 0.6 is 0 Å². The van der Waals surface area contributed by atoms with Gasteiger partial charge in [-0.2, -0.15) is 0 Å². The lowest BCUT2D eigenvalue weighted by Gasteiger charge is -2.11. The number of benzene rings is 1. The third-order valence-corrected chi connectivity index (χ3v) is 3.46. The Morgan fingerprint density at radius 3 is 2.40 bits per heavy atom. The highest BCUT2D eigenvalue weighted by atomic mass is 16.5. The van der Waals surface area contributed by atoms with E-state index in [1.807, 2.05) is 38.1 Å². The molecule has 4 nitrogen and oxygen atoms in total. The molecule has 0 bridgehead atoms. The first kappa shape index (κ1) is 14.7. The van der Waals surface area contributed by atoms with Crippen LogP contribution < -0.4 is 15.8 Å². The van der Waals surface area contributed by atoms with Crippen molar-refractivity contribution in [3.05, 3.63) is 24.3 Å². The summed E-state index contributed by atoms with van der Waals surface area (Å²) in [5, 5.41) is 3.13. The van der Waals surface area contributed by atoms with Gasteiger partial charge in [-0.3, -0.25) is 0 Å². The average molecular weight is 275 g/mol. The highest BCUT2D eigenvalue weighted by Gasteiger charge is 2.39. The Hall–Kier alpha value is -1.71. The minimum atomic E-state index is 0.184. The van der Waals surface area contributed by atoms with Gasteiger partial charge in [-0.15, -0.1) is 0 Å². The number of aliphatic imine (C=N–C) groups is 1. The van der Waals surface area contributed by atoms with E-state index in [0.29, 0.717) is 23.8 Å². The van der Waals surface area contributed by atoms with Crippen LogP contribution in [0.3, 0.4) is 0 Å².